The third kappa shape index (κ3) is 4.75. The van der Waals surface area contributed by atoms with Crippen LogP contribution in [0.3, 0.4) is 0 Å². The van der Waals surface area contributed by atoms with Gasteiger partial charge >= 0.3 is 5.97 Å². The molecule has 1 unspecified atom stereocenters. The van der Waals surface area contributed by atoms with Crippen LogP contribution in [-0.2, 0) is 9.59 Å². The molecule has 1 saturated carbocycles. The molecule has 0 aromatic rings. The highest BCUT2D eigenvalue weighted by Crippen LogP contribution is 2.27. The number of aliphatic hydroxyl groups is 1. The number of rotatable bonds is 7. The zero-order valence-corrected chi connectivity index (χ0v) is 8.40. The normalized spacial score (nSPS) is 17.1. The van der Waals surface area contributed by atoms with E-state index in [-0.39, 0.29) is 6.54 Å². The van der Waals surface area contributed by atoms with E-state index in [2.05, 4.69) is 10.6 Å². The molecule has 1 rings (SSSR count). The van der Waals surface area contributed by atoms with Crippen molar-refractivity contribution in [2.75, 3.05) is 19.7 Å². The van der Waals surface area contributed by atoms with E-state index in [1.165, 1.54) is 12.8 Å². The zero-order chi connectivity index (χ0) is 11.3. The molecule has 0 bridgehead atoms. The Bertz CT molecular complexity index is 240. The lowest BCUT2D eigenvalue weighted by Gasteiger charge is -2.11. The first-order valence-corrected chi connectivity index (χ1v) is 4.97. The van der Waals surface area contributed by atoms with E-state index in [1.54, 1.807) is 0 Å². The van der Waals surface area contributed by atoms with Crippen LogP contribution in [0.4, 0.5) is 0 Å². The van der Waals surface area contributed by atoms with Crippen molar-refractivity contribution in [3.63, 3.8) is 0 Å². The number of nitrogens with one attached hydrogen (secondary N) is 2. The topological polar surface area (TPSA) is 98.7 Å². The van der Waals surface area contributed by atoms with Crippen LogP contribution in [0.5, 0.6) is 0 Å². The molecular weight excluding hydrogens is 200 g/mol. The largest absolute Gasteiger partial charge is 0.480 e. The van der Waals surface area contributed by atoms with Gasteiger partial charge in [-0.05, 0) is 25.3 Å². The SMILES string of the molecule is O=C(CNCC1CC1)NC(CO)C(=O)O. The minimum absolute atomic E-state index is 0.0975. The number of aliphatic hydroxyl groups excluding tert-OH is 1. The van der Waals surface area contributed by atoms with E-state index in [0.717, 1.165) is 6.54 Å². The maximum Gasteiger partial charge on any atom is 0.328 e. The van der Waals surface area contributed by atoms with Gasteiger partial charge in [-0.3, -0.25) is 4.79 Å². The van der Waals surface area contributed by atoms with Gasteiger partial charge < -0.3 is 20.8 Å². The van der Waals surface area contributed by atoms with Gasteiger partial charge in [-0.2, -0.15) is 0 Å². The van der Waals surface area contributed by atoms with Crippen LogP contribution >= 0.6 is 0 Å². The fourth-order valence-electron chi connectivity index (χ4n) is 1.14. The fraction of sp³-hybridized carbons (Fsp3) is 0.778. The van der Waals surface area contributed by atoms with Crippen LogP contribution < -0.4 is 10.6 Å². The molecule has 6 nitrogen and oxygen atoms in total. The molecule has 86 valence electrons. The Morgan fingerprint density at radius 2 is 2.07 bits per heavy atom. The number of hydrogen-bond acceptors (Lipinski definition) is 4. The summed E-state index contributed by atoms with van der Waals surface area (Å²) in [7, 11) is 0. The second-order valence-electron chi connectivity index (χ2n) is 3.72. The summed E-state index contributed by atoms with van der Waals surface area (Å²) >= 11 is 0. The number of aliphatic carboxylic acids is 1. The highest BCUT2D eigenvalue weighted by atomic mass is 16.4. The maximum atomic E-state index is 11.2. The molecule has 0 aromatic heterocycles. The van der Waals surface area contributed by atoms with E-state index in [1.807, 2.05) is 0 Å². The van der Waals surface area contributed by atoms with Crippen LogP contribution in [0.25, 0.3) is 0 Å². The van der Waals surface area contributed by atoms with Crippen LogP contribution in [0, 0.1) is 5.92 Å². The summed E-state index contributed by atoms with van der Waals surface area (Å²) in [6, 6.07) is -1.21. The van der Waals surface area contributed by atoms with E-state index >= 15 is 0 Å². The lowest BCUT2D eigenvalue weighted by molar-refractivity contribution is -0.142. The minimum Gasteiger partial charge on any atom is -0.480 e. The third-order valence-electron chi connectivity index (χ3n) is 2.23. The first-order chi connectivity index (χ1) is 7.13. The second kappa shape index (κ2) is 5.67. The monoisotopic (exact) mass is 216 g/mol. The van der Waals surface area contributed by atoms with Crippen molar-refractivity contribution in [2.45, 2.75) is 18.9 Å². The number of carbonyl (C=O) groups is 2. The second-order valence-corrected chi connectivity index (χ2v) is 3.72. The number of carbonyl (C=O) groups excluding carboxylic acids is 1. The highest BCUT2D eigenvalue weighted by Gasteiger charge is 2.21. The van der Waals surface area contributed by atoms with Gasteiger partial charge in [0.2, 0.25) is 5.91 Å². The van der Waals surface area contributed by atoms with Gasteiger partial charge in [-0.1, -0.05) is 0 Å². The van der Waals surface area contributed by atoms with Crippen molar-refractivity contribution >= 4 is 11.9 Å². The molecule has 0 radical (unpaired) electrons. The highest BCUT2D eigenvalue weighted by molar-refractivity contribution is 5.84. The Balaban J connectivity index is 2.12. The van der Waals surface area contributed by atoms with Crippen molar-refractivity contribution in [3.8, 4) is 0 Å². The summed E-state index contributed by atoms with van der Waals surface area (Å²) in [5.74, 6) is -0.962. The van der Waals surface area contributed by atoms with Crippen LogP contribution in [0.2, 0.25) is 0 Å². The molecule has 1 amide bonds. The van der Waals surface area contributed by atoms with Gasteiger partial charge in [-0.25, -0.2) is 4.79 Å². The predicted octanol–water partition coefficient (Wildman–Crippen LogP) is -1.45. The molecule has 4 N–H and O–H groups in total. The van der Waals surface area contributed by atoms with Gasteiger partial charge in [0.1, 0.15) is 6.04 Å². The number of hydrogen-bond donors (Lipinski definition) is 4. The van der Waals surface area contributed by atoms with Gasteiger partial charge in [0.15, 0.2) is 0 Å². The summed E-state index contributed by atoms with van der Waals surface area (Å²) in [5, 5.41) is 22.3. The predicted molar refractivity (Wildman–Crippen MR) is 52.2 cm³/mol. The molecule has 0 spiro atoms. The molecule has 0 heterocycles. The van der Waals surface area contributed by atoms with Crippen LogP contribution in [0.1, 0.15) is 12.8 Å². The molecule has 0 aliphatic heterocycles. The molecule has 0 saturated heterocycles. The van der Waals surface area contributed by atoms with E-state index in [0.29, 0.717) is 5.92 Å². The van der Waals surface area contributed by atoms with Crippen LogP contribution in [0.15, 0.2) is 0 Å². The summed E-state index contributed by atoms with van der Waals surface area (Å²) in [6.07, 6.45) is 2.39. The number of amides is 1. The first kappa shape index (κ1) is 11.9. The Morgan fingerprint density at radius 3 is 2.53 bits per heavy atom. The Kier molecular flexibility index (Phi) is 4.51. The molecule has 0 aromatic carbocycles. The van der Waals surface area contributed by atoms with Crippen molar-refractivity contribution in [1.82, 2.24) is 10.6 Å². The minimum atomic E-state index is -1.23. The lowest BCUT2D eigenvalue weighted by atomic mass is 10.3. The molecule has 1 aliphatic carbocycles. The molecule has 15 heavy (non-hydrogen) atoms. The molecule has 1 aliphatic rings. The van der Waals surface area contributed by atoms with E-state index in [4.69, 9.17) is 10.2 Å². The number of carboxylic acids is 1. The van der Waals surface area contributed by atoms with Crippen molar-refractivity contribution in [1.29, 1.82) is 0 Å². The Hall–Kier alpha value is -1.14. The average Bonchev–Trinajstić information content (AvgIpc) is 2.97. The quantitative estimate of drug-likeness (QED) is 0.417. The average molecular weight is 216 g/mol. The fourth-order valence-corrected chi connectivity index (χ4v) is 1.14. The van der Waals surface area contributed by atoms with Gasteiger partial charge in [0.05, 0.1) is 13.2 Å². The molecule has 6 heteroatoms. The Labute approximate surface area is 87.7 Å². The summed E-state index contributed by atoms with van der Waals surface area (Å²) in [5.41, 5.74) is 0. The molecular formula is C9H16N2O4. The summed E-state index contributed by atoms with van der Waals surface area (Å²) in [4.78, 5) is 21.6. The van der Waals surface area contributed by atoms with Gasteiger partial charge in [0, 0.05) is 0 Å². The first-order valence-electron chi connectivity index (χ1n) is 4.97. The van der Waals surface area contributed by atoms with Crippen LogP contribution in [-0.4, -0.2) is 47.8 Å². The third-order valence-corrected chi connectivity index (χ3v) is 2.23. The summed E-state index contributed by atoms with van der Waals surface area (Å²) < 4.78 is 0. The Morgan fingerprint density at radius 1 is 1.40 bits per heavy atom. The lowest BCUT2D eigenvalue weighted by Crippen LogP contribution is -2.46. The molecule has 1 atom stereocenters. The maximum absolute atomic E-state index is 11.2. The van der Waals surface area contributed by atoms with E-state index < -0.39 is 24.5 Å². The smallest absolute Gasteiger partial charge is 0.328 e. The van der Waals surface area contributed by atoms with Crippen molar-refractivity contribution in [3.05, 3.63) is 0 Å². The van der Waals surface area contributed by atoms with Crippen molar-refractivity contribution < 1.29 is 19.8 Å². The zero-order valence-electron chi connectivity index (χ0n) is 8.40. The number of carboxylic acid groups (broad SMARTS) is 1. The van der Waals surface area contributed by atoms with Gasteiger partial charge in [-0.15, -0.1) is 0 Å². The summed E-state index contributed by atoms with van der Waals surface area (Å²) in [6.45, 7) is 0.300. The van der Waals surface area contributed by atoms with E-state index in [9.17, 15) is 9.59 Å². The van der Waals surface area contributed by atoms with Gasteiger partial charge in [0.25, 0.3) is 0 Å². The van der Waals surface area contributed by atoms with Crippen molar-refractivity contribution in [2.24, 2.45) is 5.92 Å². The molecule has 1 fully saturated rings. The standard InChI is InChI=1S/C9H16N2O4/c12-5-7(9(14)15)11-8(13)4-10-3-6-1-2-6/h6-7,10,12H,1-5H2,(H,11,13)(H,14,15).